The summed E-state index contributed by atoms with van der Waals surface area (Å²) in [6.07, 6.45) is 0. The Bertz CT molecular complexity index is 1030. The van der Waals surface area contributed by atoms with E-state index < -0.39 is 10.0 Å². The minimum Gasteiger partial charge on any atom is -0.302 e. The van der Waals surface area contributed by atoms with Crippen molar-refractivity contribution in [2.75, 3.05) is 6.54 Å². The highest BCUT2D eigenvalue weighted by atomic mass is 35.5. The Labute approximate surface area is 160 Å². The lowest BCUT2D eigenvalue weighted by molar-refractivity contribution is 0.444. The lowest BCUT2D eigenvalue weighted by atomic mass is 9.98. The van der Waals surface area contributed by atoms with Gasteiger partial charge in [0.05, 0.1) is 4.90 Å². The van der Waals surface area contributed by atoms with Crippen LogP contribution >= 0.6 is 12.4 Å². The minimum atomic E-state index is -3.40. The van der Waals surface area contributed by atoms with Crippen LogP contribution in [0.25, 0.3) is 10.8 Å². The Hall–Kier alpha value is -1.92. The summed E-state index contributed by atoms with van der Waals surface area (Å²) >= 11 is 0. The molecule has 2 atom stereocenters. The summed E-state index contributed by atoms with van der Waals surface area (Å²) in [7, 11) is -3.40. The summed E-state index contributed by atoms with van der Waals surface area (Å²) in [6.45, 7) is 2.47. The fourth-order valence-electron chi connectivity index (χ4n) is 3.56. The van der Waals surface area contributed by atoms with Crippen molar-refractivity contribution in [3.63, 3.8) is 0 Å². The van der Waals surface area contributed by atoms with Crippen molar-refractivity contribution in [1.82, 2.24) is 10.0 Å². The van der Waals surface area contributed by atoms with E-state index in [2.05, 4.69) is 47.3 Å². The number of nitrogens with one attached hydrogen (secondary N) is 2. The van der Waals surface area contributed by atoms with Gasteiger partial charge in [0.25, 0.3) is 0 Å². The second-order valence-corrected chi connectivity index (χ2v) is 8.13. The number of rotatable bonds is 3. The van der Waals surface area contributed by atoms with E-state index >= 15 is 0 Å². The van der Waals surface area contributed by atoms with Gasteiger partial charge in [-0.15, -0.1) is 12.4 Å². The van der Waals surface area contributed by atoms with Crippen LogP contribution in [0, 0.1) is 0 Å². The van der Waals surface area contributed by atoms with Crippen LogP contribution in [-0.2, 0) is 10.0 Å². The van der Waals surface area contributed by atoms with E-state index in [-0.39, 0.29) is 24.5 Å². The predicted molar refractivity (Wildman–Crippen MR) is 107 cm³/mol. The molecule has 1 aliphatic rings. The van der Waals surface area contributed by atoms with Gasteiger partial charge in [-0.05, 0) is 34.9 Å². The topological polar surface area (TPSA) is 58.2 Å². The zero-order chi connectivity index (χ0) is 17.4. The third kappa shape index (κ3) is 3.35. The summed E-state index contributed by atoms with van der Waals surface area (Å²) in [4.78, 5) is 0.365. The maximum atomic E-state index is 12.2. The monoisotopic (exact) mass is 388 g/mol. The second kappa shape index (κ2) is 7.37. The van der Waals surface area contributed by atoms with Crippen molar-refractivity contribution in [2.24, 2.45) is 0 Å². The highest BCUT2D eigenvalue weighted by molar-refractivity contribution is 7.89. The zero-order valence-electron chi connectivity index (χ0n) is 14.3. The van der Waals surface area contributed by atoms with Crippen molar-refractivity contribution in [3.05, 3.63) is 77.9 Å². The Kier molecular flexibility index (Phi) is 5.34. The van der Waals surface area contributed by atoms with E-state index in [0.29, 0.717) is 11.4 Å². The van der Waals surface area contributed by atoms with Crippen LogP contribution in [0.5, 0.6) is 0 Å². The summed E-state index contributed by atoms with van der Waals surface area (Å²) in [6, 6.07) is 21.8. The predicted octanol–water partition coefficient (Wildman–Crippen LogP) is 3.95. The molecule has 136 valence electrons. The molecule has 6 heteroatoms. The van der Waals surface area contributed by atoms with Gasteiger partial charge in [0.1, 0.15) is 0 Å². The quantitative estimate of drug-likeness (QED) is 0.714. The van der Waals surface area contributed by atoms with E-state index in [0.717, 1.165) is 5.56 Å². The maximum Gasteiger partial charge on any atom is 0.240 e. The van der Waals surface area contributed by atoms with Gasteiger partial charge >= 0.3 is 0 Å². The molecule has 0 saturated carbocycles. The number of fused-ring (bicyclic) bond motifs is 2. The first-order valence-electron chi connectivity index (χ1n) is 8.38. The van der Waals surface area contributed by atoms with Crippen molar-refractivity contribution in [1.29, 1.82) is 0 Å². The molecule has 4 rings (SSSR count). The third-order valence-corrected chi connectivity index (χ3v) is 6.30. The SMILES string of the molecule is C[C@@H](N[C@@H]1CNS(=O)(=O)c2ccccc21)c1cccc2ccccc12.Cl. The van der Waals surface area contributed by atoms with Crippen LogP contribution in [0.3, 0.4) is 0 Å². The average molecular weight is 389 g/mol. The Morgan fingerprint density at radius 1 is 1.00 bits per heavy atom. The molecule has 0 radical (unpaired) electrons. The number of hydrogen-bond acceptors (Lipinski definition) is 3. The van der Waals surface area contributed by atoms with E-state index in [9.17, 15) is 8.42 Å². The molecule has 2 N–H and O–H groups in total. The standard InChI is InChI=1S/C20H20N2O2S.ClH/c1-14(16-11-6-8-15-7-2-3-9-17(15)16)22-19-13-21-25(23,24)20-12-5-4-10-18(19)20;/h2-12,14,19,21-22H,13H2,1H3;1H/t14-,19-;/m1./s1. The molecule has 0 aliphatic carbocycles. The molecule has 4 nitrogen and oxygen atoms in total. The zero-order valence-corrected chi connectivity index (χ0v) is 16.0. The van der Waals surface area contributed by atoms with Crippen LogP contribution in [0.1, 0.15) is 30.1 Å². The molecule has 0 amide bonds. The summed E-state index contributed by atoms with van der Waals surface area (Å²) in [5.74, 6) is 0. The second-order valence-electron chi connectivity index (χ2n) is 6.40. The summed E-state index contributed by atoms with van der Waals surface area (Å²) < 4.78 is 27.1. The molecule has 0 spiro atoms. The molecule has 0 unspecified atom stereocenters. The van der Waals surface area contributed by atoms with Crippen LogP contribution in [0.15, 0.2) is 71.6 Å². The highest BCUT2D eigenvalue weighted by Crippen LogP contribution is 2.30. The summed E-state index contributed by atoms with van der Waals surface area (Å²) in [5.41, 5.74) is 2.04. The number of hydrogen-bond donors (Lipinski definition) is 2. The largest absolute Gasteiger partial charge is 0.302 e. The van der Waals surface area contributed by atoms with E-state index in [1.165, 1.54) is 16.3 Å². The molecule has 0 bridgehead atoms. The van der Waals surface area contributed by atoms with Crippen molar-refractivity contribution >= 4 is 33.2 Å². The Morgan fingerprint density at radius 3 is 2.54 bits per heavy atom. The van der Waals surface area contributed by atoms with E-state index in [1.54, 1.807) is 12.1 Å². The molecule has 0 saturated heterocycles. The number of sulfonamides is 1. The van der Waals surface area contributed by atoms with Gasteiger partial charge in [-0.25, -0.2) is 13.1 Å². The first kappa shape index (κ1) is 18.9. The van der Waals surface area contributed by atoms with Gasteiger partial charge in [0, 0.05) is 18.6 Å². The Morgan fingerprint density at radius 2 is 1.69 bits per heavy atom. The van der Waals surface area contributed by atoms with Gasteiger partial charge in [-0.2, -0.15) is 0 Å². The average Bonchev–Trinajstić information content (AvgIpc) is 2.64. The molecule has 0 aromatic heterocycles. The lowest BCUT2D eigenvalue weighted by Gasteiger charge is -2.30. The van der Waals surface area contributed by atoms with Crippen LogP contribution in [0.4, 0.5) is 0 Å². The first-order valence-corrected chi connectivity index (χ1v) is 9.87. The van der Waals surface area contributed by atoms with Crippen LogP contribution in [-0.4, -0.2) is 15.0 Å². The molecular formula is C20H21ClN2O2S. The fraction of sp³-hybridized carbons (Fsp3) is 0.200. The van der Waals surface area contributed by atoms with Gasteiger partial charge in [-0.1, -0.05) is 60.7 Å². The van der Waals surface area contributed by atoms with Gasteiger partial charge in [-0.3, -0.25) is 0 Å². The molecule has 1 heterocycles. The third-order valence-electron chi connectivity index (χ3n) is 4.80. The number of halogens is 1. The molecule has 3 aromatic carbocycles. The number of benzene rings is 3. The van der Waals surface area contributed by atoms with Crippen molar-refractivity contribution in [3.8, 4) is 0 Å². The Balaban J connectivity index is 0.00000196. The first-order chi connectivity index (χ1) is 12.1. The lowest BCUT2D eigenvalue weighted by Crippen LogP contribution is -2.41. The van der Waals surface area contributed by atoms with Gasteiger partial charge in [0.15, 0.2) is 0 Å². The minimum absolute atomic E-state index is 0. The molecule has 0 fully saturated rings. The summed E-state index contributed by atoms with van der Waals surface area (Å²) in [5, 5.41) is 6.02. The van der Waals surface area contributed by atoms with Gasteiger partial charge in [0.2, 0.25) is 10.0 Å². The van der Waals surface area contributed by atoms with Crippen LogP contribution in [0.2, 0.25) is 0 Å². The highest BCUT2D eigenvalue weighted by Gasteiger charge is 2.30. The molecule has 1 aliphatic heterocycles. The fourth-order valence-corrected chi connectivity index (χ4v) is 4.88. The van der Waals surface area contributed by atoms with E-state index in [1.807, 2.05) is 24.3 Å². The van der Waals surface area contributed by atoms with Crippen molar-refractivity contribution < 1.29 is 8.42 Å². The smallest absolute Gasteiger partial charge is 0.240 e. The van der Waals surface area contributed by atoms with E-state index in [4.69, 9.17) is 0 Å². The maximum absolute atomic E-state index is 12.2. The van der Waals surface area contributed by atoms with Crippen molar-refractivity contribution in [2.45, 2.75) is 23.9 Å². The molecule has 26 heavy (non-hydrogen) atoms. The molecule has 3 aromatic rings. The van der Waals surface area contributed by atoms with Gasteiger partial charge < -0.3 is 5.32 Å². The van der Waals surface area contributed by atoms with Crippen LogP contribution < -0.4 is 10.0 Å². The molecular weight excluding hydrogens is 368 g/mol. The normalized spacial score (nSPS) is 19.3.